The second-order valence-electron chi connectivity index (χ2n) is 5.02. The predicted molar refractivity (Wildman–Crippen MR) is 87.2 cm³/mol. The Balaban J connectivity index is 2.26. The maximum atomic E-state index is 6.23. The van der Waals surface area contributed by atoms with Crippen molar-refractivity contribution in [2.24, 2.45) is 5.73 Å². The standard InChI is InChI=1S/C17H21ClN2/c1-3-16(19)14-9-5-7-11-17(14)20(2)12-13-8-4-6-10-15(13)18/h4-11,16H,3,12,19H2,1-2H3. The van der Waals surface area contributed by atoms with E-state index in [9.17, 15) is 0 Å². The second kappa shape index (κ2) is 6.78. The molecular formula is C17H21ClN2. The van der Waals surface area contributed by atoms with Gasteiger partial charge >= 0.3 is 0 Å². The van der Waals surface area contributed by atoms with E-state index in [-0.39, 0.29) is 6.04 Å². The van der Waals surface area contributed by atoms with Crippen LogP contribution < -0.4 is 10.6 Å². The quantitative estimate of drug-likeness (QED) is 0.884. The molecule has 0 radical (unpaired) electrons. The van der Waals surface area contributed by atoms with E-state index in [1.54, 1.807) is 0 Å². The van der Waals surface area contributed by atoms with Gasteiger partial charge in [-0.05, 0) is 29.7 Å². The summed E-state index contributed by atoms with van der Waals surface area (Å²) in [7, 11) is 2.07. The van der Waals surface area contributed by atoms with Crippen molar-refractivity contribution in [2.75, 3.05) is 11.9 Å². The number of hydrogen-bond donors (Lipinski definition) is 1. The molecule has 0 aliphatic rings. The molecule has 3 heteroatoms. The van der Waals surface area contributed by atoms with Crippen LogP contribution in [0.5, 0.6) is 0 Å². The average Bonchev–Trinajstić information content (AvgIpc) is 2.48. The predicted octanol–water partition coefficient (Wildman–Crippen LogP) is 4.39. The summed E-state index contributed by atoms with van der Waals surface area (Å²) in [5.74, 6) is 0. The van der Waals surface area contributed by atoms with Gasteiger partial charge in [0.1, 0.15) is 0 Å². The van der Waals surface area contributed by atoms with Crippen molar-refractivity contribution in [3.05, 3.63) is 64.7 Å². The molecule has 2 aromatic carbocycles. The number of hydrogen-bond acceptors (Lipinski definition) is 2. The molecule has 2 nitrogen and oxygen atoms in total. The van der Waals surface area contributed by atoms with Gasteiger partial charge in [-0.1, -0.05) is 54.9 Å². The summed E-state index contributed by atoms with van der Waals surface area (Å²) < 4.78 is 0. The lowest BCUT2D eigenvalue weighted by molar-refractivity contribution is 0.694. The Morgan fingerprint density at radius 3 is 2.45 bits per heavy atom. The minimum atomic E-state index is 0.0693. The third-order valence-electron chi connectivity index (χ3n) is 3.55. The molecule has 2 aromatic rings. The van der Waals surface area contributed by atoms with E-state index in [4.69, 9.17) is 17.3 Å². The highest BCUT2D eigenvalue weighted by molar-refractivity contribution is 6.31. The van der Waals surface area contributed by atoms with Crippen LogP contribution >= 0.6 is 11.6 Å². The van der Waals surface area contributed by atoms with Crippen LogP contribution in [0.2, 0.25) is 5.02 Å². The van der Waals surface area contributed by atoms with E-state index < -0.39 is 0 Å². The fourth-order valence-electron chi connectivity index (χ4n) is 2.34. The topological polar surface area (TPSA) is 29.3 Å². The van der Waals surface area contributed by atoms with E-state index >= 15 is 0 Å². The number of para-hydroxylation sites is 1. The summed E-state index contributed by atoms with van der Waals surface area (Å²) in [4.78, 5) is 2.20. The number of anilines is 1. The molecule has 0 amide bonds. The van der Waals surface area contributed by atoms with Gasteiger partial charge in [0.15, 0.2) is 0 Å². The molecule has 2 N–H and O–H groups in total. The maximum Gasteiger partial charge on any atom is 0.0455 e. The molecule has 1 unspecified atom stereocenters. The summed E-state index contributed by atoms with van der Waals surface area (Å²) >= 11 is 6.23. The van der Waals surface area contributed by atoms with E-state index in [1.807, 2.05) is 30.3 Å². The number of nitrogens with two attached hydrogens (primary N) is 1. The fourth-order valence-corrected chi connectivity index (χ4v) is 2.53. The minimum Gasteiger partial charge on any atom is -0.370 e. The molecule has 0 aliphatic carbocycles. The van der Waals surface area contributed by atoms with E-state index in [0.29, 0.717) is 0 Å². The minimum absolute atomic E-state index is 0.0693. The van der Waals surface area contributed by atoms with Gasteiger partial charge in [-0.2, -0.15) is 0 Å². The molecule has 20 heavy (non-hydrogen) atoms. The monoisotopic (exact) mass is 288 g/mol. The van der Waals surface area contributed by atoms with Crippen LogP contribution in [-0.2, 0) is 6.54 Å². The Kier molecular flexibility index (Phi) is 5.05. The van der Waals surface area contributed by atoms with Crippen molar-refractivity contribution in [1.29, 1.82) is 0 Å². The summed E-state index contributed by atoms with van der Waals surface area (Å²) in [6, 6.07) is 16.3. The summed E-state index contributed by atoms with van der Waals surface area (Å²) in [6.45, 7) is 2.88. The first-order chi connectivity index (χ1) is 9.63. The zero-order valence-corrected chi connectivity index (χ0v) is 12.8. The van der Waals surface area contributed by atoms with Gasteiger partial charge in [0, 0.05) is 30.3 Å². The highest BCUT2D eigenvalue weighted by Gasteiger charge is 2.13. The largest absolute Gasteiger partial charge is 0.370 e. The smallest absolute Gasteiger partial charge is 0.0455 e. The molecule has 0 fully saturated rings. The van der Waals surface area contributed by atoms with Crippen LogP contribution in [-0.4, -0.2) is 7.05 Å². The first-order valence-electron chi connectivity index (χ1n) is 6.92. The number of nitrogens with zero attached hydrogens (tertiary/aromatic N) is 1. The normalized spacial score (nSPS) is 12.2. The van der Waals surface area contributed by atoms with E-state index in [0.717, 1.165) is 23.6 Å². The molecular weight excluding hydrogens is 268 g/mol. The number of benzene rings is 2. The number of rotatable bonds is 5. The van der Waals surface area contributed by atoms with Crippen LogP contribution in [0.25, 0.3) is 0 Å². The lowest BCUT2D eigenvalue weighted by atomic mass is 10.0. The Bertz CT molecular complexity index is 568. The summed E-state index contributed by atoms with van der Waals surface area (Å²) in [5.41, 5.74) is 9.68. The molecule has 0 aromatic heterocycles. The zero-order valence-electron chi connectivity index (χ0n) is 12.0. The van der Waals surface area contributed by atoms with Crippen LogP contribution in [0.4, 0.5) is 5.69 Å². The Hall–Kier alpha value is -1.51. The fraction of sp³-hybridized carbons (Fsp3) is 0.294. The van der Waals surface area contributed by atoms with Gasteiger partial charge in [0.05, 0.1) is 0 Å². The van der Waals surface area contributed by atoms with Crippen molar-refractivity contribution in [2.45, 2.75) is 25.9 Å². The molecule has 0 aliphatic heterocycles. The third-order valence-corrected chi connectivity index (χ3v) is 3.92. The SMILES string of the molecule is CCC(N)c1ccccc1N(C)Cc1ccccc1Cl. The molecule has 0 heterocycles. The second-order valence-corrected chi connectivity index (χ2v) is 5.43. The highest BCUT2D eigenvalue weighted by Crippen LogP contribution is 2.28. The van der Waals surface area contributed by atoms with Gasteiger partial charge in [-0.3, -0.25) is 0 Å². The van der Waals surface area contributed by atoms with Gasteiger partial charge in [0.2, 0.25) is 0 Å². The summed E-state index contributed by atoms with van der Waals surface area (Å²) in [5, 5.41) is 0.802. The lowest BCUT2D eigenvalue weighted by Gasteiger charge is -2.25. The van der Waals surface area contributed by atoms with Gasteiger partial charge in [-0.25, -0.2) is 0 Å². The molecule has 0 saturated carbocycles. The first kappa shape index (κ1) is 14.9. The van der Waals surface area contributed by atoms with Crippen molar-refractivity contribution < 1.29 is 0 Å². The third kappa shape index (κ3) is 3.33. The average molecular weight is 289 g/mol. The maximum absolute atomic E-state index is 6.23. The van der Waals surface area contributed by atoms with Crippen LogP contribution in [0, 0.1) is 0 Å². The zero-order chi connectivity index (χ0) is 14.5. The van der Waals surface area contributed by atoms with Gasteiger partial charge < -0.3 is 10.6 Å². The molecule has 2 rings (SSSR count). The van der Waals surface area contributed by atoms with Crippen LogP contribution in [0.15, 0.2) is 48.5 Å². The van der Waals surface area contributed by atoms with Crippen LogP contribution in [0.3, 0.4) is 0 Å². The lowest BCUT2D eigenvalue weighted by Crippen LogP contribution is -2.21. The van der Waals surface area contributed by atoms with Crippen molar-refractivity contribution in [3.63, 3.8) is 0 Å². The Labute approximate surface area is 126 Å². The van der Waals surface area contributed by atoms with E-state index in [1.165, 1.54) is 11.3 Å². The van der Waals surface area contributed by atoms with Gasteiger partial charge in [-0.15, -0.1) is 0 Å². The first-order valence-corrected chi connectivity index (χ1v) is 7.30. The Morgan fingerprint density at radius 1 is 1.10 bits per heavy atom. The number of halogens is 1. The van der Waals surface area contributed by atoms with Gasteiger partial charge in [0.25, 0.3) is 0 Å². The van der Waals surface area contributed by atoms with Crippen molar-refractivity contribution in [1.82, 2.24) is 0 Å². The van der Waals surface area contributed by atoms with Crippen LogP contribution in [0.1, 0.15) is 30.5 Å². The molecule has 0 saturated heterocycles. The molecule has 0 spiro atoms. The molecule has 1 atom stereocenters. The van der Waals surface area contributed by atoms with Crippen molar-refractivity contribution in [3.8, 4) is 0 Å². The molecule has 106 valence electrons. The summed E-state index contributed by atoms with van der Waals surface area (Å²) in [6.07, 6.45) is 0.928. The van der Waals surface area contributed by atoms with E-state index in [2.05, 4.69) is 37.1 Å². The molecule has 0 bridgehead atoms. The Morgan fingerprint density at radius 2 is 1.75 bits per heavy atom. The highest BCUT2D eigenvalue weighted by atomic mass is 35.5. The van der Waals surface area contributed by atoms with Crippen molar-refractivity contribution >= 4 is 17.3 Å².